The van der Waals surface area contributed by atoms with Crippen molar-refractivity contribution in [2.45, 2.75) is 37.5 Å². The van der Waals surface area contributed by atoms with Crippen LogP contribution in [0, 0.1) is 11.8 Å². The molecule has 3 fully saturated rings. The van der Waals surface area contributed by atoms with E-state index in [2.05, 4.69) is 0 Å². The number of hydrogen-bond donors (Lipinski definition) is 1. The van der Waals surface area contributed by atoms with Gasteiger partial charge in [-0.15, -0.1) is 0 Å². The standard InChI is InChI=1S/C8H11F3O/c9-7(10)5-1-3-6(4-2-5)8(7,11)12/h5-6,12H,1-4H2. The van der Waals surface area contributed by atoms with Crippen molar-refractivity contribution < 1.29 is 18.3 Å². The van der Waals surface area contributed by atoms with Gasteiger partial charge in [0.05, 0.1) is 0 Å². The topological polar surface area (TPSA) is 20.2 Å². The third-order valence-electron chi connectivity index (χ3n) is 3.25. The van der Waals surface area contributed by atoms with E-state index in [1.807, 2.05) is 0 Å². The molecule has 0 aromatic rings. The molecule has 0 aliphatic heterocycles. The summed E-state index contributed by atoms with van der Waals surface area (Å²) < 4.78 is 39.3. The average molecular weight is 180 g/mol. The molecule has 4 heteroatoms. The van der Waals surface area contributed by atoms with Crippen molar-refractivity contribution in [2.24, 2.45) is 11.8 Å². The number of aliphatic hydroxyl groups is 1. The summed E-state index contributed by atoms with van der Waals surface area (Å²) in [5.41, 5.74) is 0. The third-order valence-corrected chi connectivity index (χ3v) is 3.25. The molecular formula is C8H11F3O. The first-order valence-electron chi connectivity index (χ1n) is 4.25. The third kappa shape index (κ3) is 0.789. The molecule has 2 bridgehead atoms. The second kappa shape index (κ2) is 2.16. The Labute approximate surface area is 68.6 Å². The van der Waals surface area contributed by atoms with E-state index in [1.54, 1.807) is 0 Å². The molecule has 0 radical (unpaired) electrons. The zero-order valence-electron chi connectivity index (χ0n) is 6.56. The molecule has 0 aromatic heterocycles. The fourth-order valence-corrected chi connectivity index (χ4v) is 2.40. The van der Waals surface area contributed by atoms with Gasteiger partial charge in [0.1, 0.15) is 0 Å². The quantitative estimate of drug-likeness (QED) is 0.605. The molecule has 0 aromatic carbocycles. The molecule has 12 heavy (non-hydrogen) atoms. The number of hydrogen-bond acceptors (Lipinski definition) is 1. The van der Waals surface area contributed by atoms with E-state index < -0.39 is 23.6 Å². The van der Waals surface area contributed by atoms with E-state index >= 15 is 0 Å². The minimum absolute atomic E-state index is 0.351. The van der Waals surface area contributed by atoms with Crippen LogP contribution < -0.4 is 0 Å². The van der Waals surface area contributed by atoms with Crippen LogP contribution in [0.5, 0.6) is 0 Å². The Kier molecular flexibility index (Phi) is 1.50. The van der Waals surface area contributed by atoms with Gasteiger partial charge in [-0.05, 0) is 25.7 Å². The number of halogens is 3. The lowest BCUT2D eigenvalue weighted by atomic mass is 9.65. The van der Waals surface area contributed by atoms with Crippen LogP contribution in [0.15, 0.2) is 0 Å². The fourth-order valence-electron chi connectivity index (χ4n) is 2.40. The molecule has 3 aliphatic carbocycles. The molecule has 3 saturated carbocycles. The van der Waals surface area contributed by atoms with E-state index in [0.29, 0.717) is 25.7 Å². The van der Waals surface area contributed by atoms with Crippen LogP contribution in [0.1, 0.15) is 25.7 Å². The molecule has 0 saturated heterocycles. The van der Waals surface area contributed by atoms with Crippen LogP contribution in [-0.2, 0) is 0 Å². The summed E-state index contributed by atoms with van der Waals surface area (Å²) in [6.07, 6.45) is 1.49. The molecule has 3 rings (SSSR count). The van der Waals surface area contributed by atoms with Gasteiger partial charge in [-0.2, -0.15) is 8.78 Å². The van der Waals surface area contributed by atoms with Gasteiger partial charge in [0.25, 0.3) is 5.85 Å². The highest BCUT2D eigenvalue weighted by Gasteiger charge is 2.67. The monoisotopic (exact) mass is 180 g/mol. The summed E-state index contributed by atoms with van der Waals surface area (Å²) in [6.45, 7) is 0. The largest absolute Gasteiger partial charge is 0.357 e. The SMILES string of the molecule is OC1(F)C2CCC(CC2)C1(F)F. The van der Waals surface area contributed by atoms with Gasteiger partial charge in [0, 0.05) is 11.8 Å². The lowest BCUT2D eigenvalue weighted by Gasteiger charge is -2.49. The maximum absolute atomic E-state index is 13.1. The molecule has 0 spiro atoms. The highest BCUT2D eigenvalue weighted by Crippen LogP contribution is 2.56. The fraction of sp³-hybridized carbons (Fsp3) is 1.00. The average Bonchev–Trinajstić information content (AvgIpc) is 2.02. The first-order valence-corrected chi connectivity index (χ1v) is 4.25. The highest BCUT2D eigenvalue weighted by molar-refractivity contribution is 5.03. The van der Waals surface area contributed by atoms with Crippen molar-refractivity contribution in [2.75, 3.05) is 0 Å². The van der Waals surface area contributed by atoms with Gasteiger partial charge in [0.2, 0.25) is 0 Å². The number of alkyl halides is 3. The van der Waals surface area contributed by atoms with Crippen molar-refractivity contribution in [3.63, 3.8) is 0 Å². The zero-order valence-corrected chi connectivity index (χ0v) is 6.56. The summed E-state index contributed by atoms with van der Waals surface area (Å²) >= 11 is 0. The predicted octanol–water partition coefficient (Wildman–Crippen LogP) is 2.10. The Balaban J connectivity index is 2.35. The Morgan fingerprint density at radius 3 is 1.58 bits per heavy atom. The summed E-state index contributed by atoms with van der Waals surface area (Å²) in [5, 5.41) is 8.98. The molecule has 1 atom stereocenters. The summed E-state index contributed by atoms with van der Waals surface area (Å²) in [5.74, 6) is -8.56. The van der Waals surface area contributed by atoms with Crippen LogP contribution in [-0.4, -0.2) is 16.9 Å². The van der Waals surface area contributed by atoms with Crippen molar-refractivity contribution in [3.05, 3.63) is 0 Å². The molecule has 1 nitrogen and oxygen atoms in total. The Morgan fingerprint density at radius 2 is 1.33 bits per heavy atom. The van der Waals surface area contributed by atoms with Crippen molar-refractivity contribution in [1.29, 1.82) is 0 Å². The number of rotatable bonds is 0. The lowest BCUT2D eigenvalue weighted by molar-refractivity contribution is -0.335. The first kappa shape index (κ1) is 8.35. The van der Waals surface area contributed by atoms with Gasteiger partial charge in [-0.25, -0.2) is 4.39 Å². The predicted molar refractivity (Wildman–Crippen MR) is 36.5 cm³/mol. The lowest BCUT2D eigenvalue weighted by Crippen LogP contribution is -2.60. The Morgan fingerprint density at radius 1 is 0.917 bits per heavy atom. The second-order valence-electron chi connectivity index (χ2n) is 3.84. The second-order valence-corrected chi connectivity index (χ2v) is 3.84. The molecule has 1 N–H and O–H groups in total. The van der Waals surface area contributed by atoms with Crippen LogP contribution in [0.2, 0.25) is 0 Å². The van der Waals surface area contributed by atoms with Crippen LogP contribution in [0.25, 0.3) is 0 Å². The zero-order chi connectivity index (χ0) is 8.98. The van der Waals surface area contributed by atoms with Gasteiger partial charge in [-0.1, -0.05) is 0 Å². The van der Waals surface area contributed by atoms with Crippen molar-refractivity contribution in [3.8, 4) is 0 Å². The summed E-state index contributed by atoms with van der Waals surface area (Å²) in [4.78, 5) is 0. The van der Waals surface area contributed by atoms with E-state index in [1.165, 1.54) is 0 Å². The molecular weight excluding hydrogens is 169 g/mol. The van der Waals surface area contributed by atoms with Crippen molar-refractivity contribution in [1.82, 2.24) is 0 Å². The molecule has 0 amide bonds. The highest BCUT2D eigenvalue weighted by atomic mass is 19.3. The van der Waals surface area contributed by atoms with Gasteiger partial charge in [-0.3, -0.25) is 0 Å². The van der Waals surface area contributed by atoms with Gasteiger partial charge >= 0.3 is 5.92 Å². The first-order chi connectivity index (χ1) is 5.46. The summed E-state index contributed by atoms with van der Waals surface area (Å²) in [6, 6.07) is 0. The van der Waals surface area contributed by atoms with Gasteiger partial charge in [0.15, 0.2) is 0 Å². The smallest absolute Gasteiger partial charge is 0.308 e. The maximum atomic E-state index is 13.1. The van der Waals surface area contributed by atoms with Crippen LogP contribution >= 0.6 is 0 Å². The Hall–Kier alpha value is -0.250. The Bertz CT molecular complexity index is 172. The van der Waals surface area contributed by atoms with E-state index in [-0.39, 0.29) is 0 Å². The van der Waals surface area contributed by atoms with Gasteiger partial charge < -0.3 is 5.11 Å². The maximum Gasteiger partial charge on any atom is 0.308 e. The molecule has 0 heterocycles. The normalized spacial score (nSPS) is 51.0. The minimum atomic E-state index is -3.52. The minimum Gasteiger partial charge on any atom is -0.357 e. The van der Waals surface area contributed by atoms with E-state index in [9.17, 15) is 13.2 Å². The van der Waals surface area contributed by atoms with E-state index in [0.717, 1.165) is 0 Å². The molecule has 70 valence electrons. The number of fused-ring (bicyclic) bond motifs is 3. The molecule has 1 unspecified atom stereocenters. The van der Waals surface area contributed by atoms with Crippen molar-refractivity contribution >= 4 is 0 Å². The summed E-state index contributed by atoms with van der Waals surface area (Å²) in [7, 11) is 0. The van der Waals surface area contributed by atoms with E-state index in [4.69, 9.17) is 5.11 Å². The van der Waals surface area contributed by atoms with Crippen LogP contribution in [0.4, 0.5) is 13.2 Å². The molecule has 3 aliphatic rings. The van der Waals surface area contributed by atoms with Crippen LogP contribution in [0.3, 0.4) is 0 Å².